The fraction of sp³-hybridized carbons (Fsp3) is 0.176. The number of hydrogen-bond donors (Lipinski definition) is 0. The molecule has 3 rings (SSSR count). The van der Waals surface area contributed by atoms with E-state index in [-0.39, 0.29) is 23.9 Å². The van der Waals surface area contributed by atoms with Gasteiger partial charge < -0.3 is 4.52 Å². The van der Waals surface area contributed by atoms with Crippen molar-refractivity contribution in [2.45, 2.75) is 18.4 Å². The second kappa shape index (κ2) is 7.64. The molecule has 0 N–H and O–H groups in total. The van der Waals surface area contributed by atoms with Crippen LogP contribution in [-0.2, 0) is 16.6 Å². The minimum atomic E-state index is -4.12. The summed E-state index contributed by atoms with van der Waals surface area (Å²) in [7, 11) is -4.12. The summed E-state index contributed by atoms with van der Waals surface area (Å²) < 4.78 is 32.0. The van der Waals surface area contributed by atoms with Crippen LogP contribution >= 0.6 is 0 Å². The maximum absolute atomic E-state index is 12.9. The lowest BCUT2D eigenvalue weighted by Crippen LogP contribution is -2.31. The van der Waals surface area contributed by atoms with Crippen LogP contribution in [0, 0.1) is 10.1 Å². The molecule has 0 aliphatic rings. The van der Waals surface area contributed by atoms with Crippen LogP contribution in [0.5, 0.6) is 0 Å². The van der Waals surface area contributed by atoms with E-state index in [4.69, 9.17) is 4.52 Å². The molecule has 9 nitrogen and oxygen atoms in total. The van der Waals surface area contributed by atoms with Crippen LogP contribution < -0.4 is 0 Å². The van der Waals surface area contributed by atoms with Gasteiger partial charge in [0.1, 0.15) is 0 Å². The zero-order valence-electron chi connectivity index (χ0n) is 14.3. The molecule has 0 aliphatic heterocycles. The van der Waals surface area contributed by atoms with E-state index in [9.17, 15) is 18.5 Å². The van der Waals surface area contributed by atoms with Crippen LogP contribution in [0.15, 0.2) is 64.0 Å². The van der Waals surface area contributed by atoms with Gasteiger partial charge in [0.15, 0.2) is 4.90 Å². The molecule has 0 spiro atoms. The number of rotatable bonds is 7. The Morgan fingerprint density at radius 2 is 1.78 bits per heavy atom. The largest absolute Gasteiger partial charge is 0.338 e. The smallest absolute Gasteiger partial charge is 0.289 e. The van der Waals surface area contributed by atoms with E-state index in [1.165, 1.54) is 18.2 Å². The lowest BCUT2D eigenvalue weighted by atomic mass is 10.2. The van der Waals surface area contributed by atoms with Crippen LogP contribution in [0.2, 0.25) is 0 Å². The van der Waals surface area contributed by atoms with Crippen molar-refractivity contribution >= 4 is 15.7 Å². The van der Waals surface area contributed by atoms with Gasteiger partial charge >= 0.3 is 0 Å². The first-order valence-corrected chi connectivity index (χ1v) is 9.49. The van der Waals surface area contributed by atoms with E-state index in [2.05, 4.69) is 10.1 Å². The highest BCUT2D eigenvalue weighted by Gasteiger charge is 2.31. The van der Waals surface area contributed by atoms with Gasteiger partial charge in [-0.15, -0.1) is 0 Å². The van der Waals surface area contributed by atoms with Gasteiger partial charge in [-0.2, -0.15) is 9.29 Å². The van der Waals surface area contributed by atoms with Crippen molar-refractivity contribution in [1.82, 2.24) is 14.4 Å². The van der Waals surface area contributed by atoms with E-state index < -0.39 is 20.6 Å². The van der Waals surface area contributed by atoms with E-state index in [0.29, 0.717) is 5.82 Å². The molecule has 27 heavy (non-hydrogen) atoms. The Kier molecular flexibility index (Phi) is 5.28. The molecule has 3 aromatic rings. The van der Waals surface area contributed by atoms with Gasteiger partial charge in [-0.25, -0.2) is 8.42 Å². The molecule has 0 fully saturated rings. The first-order valence-electron chi connectivity index (χ1n) is 8.05. The summed E-state index contributed by atoms with van der Waals surface area (Å²) in [5.74, 6) is 0.433. The minimum absolute atomic E-state index is 0.0808. The Hall–Kier alpha value is -3.11. The molecule has 0 radical (unpaired) electrons. The highest BCUT2D eigenvalue weighted by Crippen LogP contribution is 2.27. The quantitative estimate of drug-likeness (QED) is 0.451. The second-order valence-corrected chi connectivity index (χ2v) is 7.44. The number of sulfonamides is 1. The Balaban J connectivity index is 1.90. The number of nitrogens with zero attached hydrogens (tertiary/aromatic N) is 4. The summed E-state index contributed by atoms with van der Waals surface area (Å²) in [6, 6.07) is 14.3. The summed E-state index contributed by atoms with van der Waals surface area (Å²) in [5.41, 5.74) is 0.253. The van der Waals surface area contributed by atoms with Gasteiger partial charge in [-0.3, -0.25) is 10.1 Å². The molecule has 0 saturated heterocycles. The summed E-state index contributed by atoms with van der Waals surface area (Å²) in [4.78, 5) is 14.3. The van der Waals surface area contributed by atoms with Crippen molar-refractivity contribution in [1.29, 1.82) is 0 Å². The van der Waals surface area contributed by atoms with Crippen molar-refractivity contribution in [3.8, 4) is 11.4 Å². The van der Waals surface area contributed by atoms with Gasteiger partial charge in [-0.1, -0.05) is 54.5 Å². The number of benzene rings is 2. The van der Waals surface area contributed by atoms with Crippen molar-refractivity contribution in [2.75, 3.05) is 6.54 Å². The molecule has 1 aromatic heterocycles. The van der Waals surface area contributed by atoms with E-state index in [0.717, 1.165) is 15.9 Å². The van der Waals surface area contributed by atoms with E-state index in [1.54, 1.807) is 19.1 Å². The third-order valence-electron chi connectivity index (χ3n) is 3.84. The lowest BCUT2D eigenvalue weighted by Gasteiger charge is -2.18. The minimum Gasteiger partial charge on any atom is -0.338 e. The normalized spacial score (nSPS) is 11.6. The number of hydrogen-bond acceptors (Lipinski definition) is 7. The fourth-order valence-corrected chi connectivity index (χ4v) is 4.06. The highest BCUT2D eigenvalue weighted by molar-refractivity contribution is 7.89. The average molecular weight is 388 g/mol. The van der Waals surface area contributed by atoms with Crippen molar-refractivity contribution in [3.63, 3.8) is 0 Å². The van der Waals surface area contributed by atoms with Crippen LogP contribution in [0.3, 0.4) is 0 Å². The molecule has 0 aliphatic carbocycles. The van der Waals surface area contributed by atoms with Gasteiger partial charge in [0, 0.05) is 18.2 Å². The number of nitro groups is 1. The predicted molar refractivity (Wildman–Crippen MR) is 96.1 cm³/mol. The van der Waals surface area contributed by atoms with E-state index >= 15 is 0 Å². The second-order valence-electron chi connectivity index (χ2n) is 5.53. The van der Waals surface area contributed by atoms with Gasteiger partial charge in [0.25, 0.3) is 5.69 Å². The van der Waals surface area contributed by atoms with Crippen LogP contribution in [0.1, 0.15) is 12.8 Å². The molecule has 0 atom stereocenters. The molecule has 0 unspecified atom stereocenters. The topological polar surface area (TPSA) is 119 Å². The Labute approximate surface area is 155 Å². The maximum atomic E-state index is 12.9. The first kappa shape index (κ1) is 18.7. The number of aromatic nitrogens is 2. The molecule has 1 heterocycles. The van der Waals surface area contributed by atoms with Crippen molar-refractivity contribution in [2.24, 2.45) is 0 Å². The maximum Gasteiger partial charge on any atom is 0.289 e. The molecular weight excluding hydrogens is 372 g/mol. The number of nitro benzene ring substituents is 1. The molecule has 10 heteroatoms. The zero-order valence-corrected chi connectivity index (χ0v) is 15.2. The molecular formula is C17H16N4O5S. The van der Waals surface area contributed by atoms with Crippen molar-refractivity contribution in [3.05, 3.63) is 70.6 Å². The molecule has 2 aromatic carbocycles. The Morgan fingerprint density at radius 1 is 1.11 bits per heavy atom. The Morgan fingerprint density at radius 3 is 2.44 bits per heavy atom. The predicted octanol–water partition coefficient (Wildman–Crippen LogP) is 2.86. The highest BCUT2D eigenvalue weighted by atomic mass is 32.2. The van der Waals surface area contributed by atoms with Crippen LogP contribution in [0.4, 0.5) is 5.69 Å². The standard InChI is InChI=1S/C17H16N4O5S/c1-2-20(27(24,25)15-11-7-6-10-14(15)21(22)23)12-16-18-17(19-26-16)13-8-4-3-5-9-13/h3-11H,2,12H2,1H3. The van der Waals surface area contributed by atoms with E-state index in [1.807, 2.05) is 18.2 Å². The van der Waals surface area contributed by atoms with Gasteiger partial charge in [0.05, 0.1) is 11.5 Å². The monoisotopic (exact) mass is 388 g/mol. The third kappa shape index (κ3) is 3.86. The van der Waals surface area contributed by atoms with Gasteiger partial charge in [-0.05, 0) is 6.07 Å². The van der Waals surface area contributed by atoms with Gasteiger partial charge in [0.2, 0.25) is 21.7 Å². The summed E-state index contributed by atoms with van der Waals surface area (Å²) in [5, 5.41) is 15.0. The number of para-hydroxylation sites is 1. The fourth-order valence-electron chi connectivity index (χ4n) is 2.51. The third-order valence-corrected chi connectivity index (χ3v) is 5.81. The first-order chi connectivity index (χ1) is 12.9. The summed E-state index contributed by atoms with van der Waals surface area (Å²) in [6.45, 7) is 1.52. The van der Waals surface area contributed by atoms with Crippen LogP contribution in [-0.4, -0.2) is 34.3 Å². The lowest BCUT2D eigenvalue weighted by molar-refractivity contribution is -0.387. The average Bonchev–Trinajstić information content (AvgIpc) is 3.15. The summed E-state index contributed by atoms with van der Waals surface area (Å²) in [6.07, 6.45) is 0. The van der Waals surface area contributed by atoms with Crippen molar-refractivity contribution < 1.29 is 17.9 Å². The molecule has 0 bridgehead atoms. The molecule has 140 valence electrons. The summed E-state index contributed by atoms with van der Waals surface area (Å²) >= 11 is 0. The Bertz CT molecular complexity index is 1050. The van der Waals surface area contributed by atoms with Crippen LogP contribution in [0.25, 0.3) is 11.4 Å². The SMILES string of the molecule is CCN(Cc1nc(-c2ccccc2)no1)S(=O)(=O)c1ccccc1[N+](=O)[O-]. The zero-order chi connectivity index (χ0) is 19.4. The molecule has 0 amide bonds. The molecule has 0 saturated carbocycles.